The molecule has 0 bridgehead atoms. The van der Waals surface area contributed by atoms with Gasteiger partial charge < -0.3 is 5.32 Å². The lowest BCUT2D eigenvalue weighted by atomic mass is 9.90. The van der Waals surface area contributed by atoms with Crippen molar-refractivity contribution in [2.75, 3.05) is 0 Å². The van der Waals surface area contributed by atoms with E-state index < -0.39 is 0 Å². The number of thioether (sulfide) groups is 1. The second-order valence-electron chi connectivity index (χ2n) is 5.14. The largest absolute Gasteiger partial charge is 0.307 e. The number of hydrogen-bond donors (Lipinski definition) is 1. The minimum Gasteiger partial charge on any atom is -0.307 e. The van der Waals surface area contributed by atoms with Gasteiger partial charge in [0.15, 0.2) is 0 Å². The molecule has 1 heterocycles. The molecule has 1 aromatic carbocycles. The molecule has 1 aromatic rings. The van der Waals surface area contributed by atoms with Crippen LogP contribution >= 0.6 is 11.8 Å². The zero-order chi connectivity index (χ0) is 12.6. The molecular weight excluding hydrogens is 233 g/mol. The van der Waals surface area contributed by atoms with Gasteiger partial charge in [-0.1, -0.05) is 39.8 Å². The highest BCUT2D eigenvalue weighted by Gasteiger charge is 2.33. The predicted octanol–water partition coefficient (Wildman–Crippen LogP) is 4.00. The summed E-state index contributed by atoms with van der Waals surface area (Å²) in [6.45, 7) is 8.70. The molecule has 1 N–H and O–H groups in total. The molecule has 0 aromatic heterocycles. The molecule has 1 nitrogen and oxygen atoms in total. The van der Waals surface area contributed by atoms with E-state index >= 15 is 0 Å². The third-order valence-electron chi connectivity index (χ3n) is 3.42. The molecule has 17 heavy (non-hydrogen) atoms. The summed E-state index contributed by atoms with van der Waals surface area (Å²) in [6, 6.07) is 6.09. The quantitative estimate of drug-likeness (QED) is 0.855. The van der Waals surface area contributed by atoms with E-state index in [1.807, 2.05) is 12.1 Å². The van der Waals surface area contributed by atoms with Crippen LogP contribution in [-0.2, 0) is 0 Å². The van der Waals surface area contributed by atoms with Crippen molar-refractivity contribution in [2.45, 2.75) is 49.9 Å². The van der Waals surface area contributed by atoms with E-state index in [1.165, 1.54) is 0 Å². The number of fused-ring (bicyclic) bond motifs is 1. The van der Waals surface area contributed by atoms with E-state index in [0.717, 1.165) is 10.5 Å². The molecule has 0 saturated carbocycles. The first kappa shape index (κ1) is 12.9. The highest BCUT2D eigenvalue weighted by molar-refractivity contribution is 8.00. The summed E-state index contributed by atoms with van der Waals surface area (Å²) in [5.41, 5.74) is 1.12. The summed E-state index contributed by atoms with van der Waals surface area (Å²) < 4.78 is 13.8. The van der Waals surface area contributed by atoms with Crippen LogP contribution in [0.5, 0.6) is 0 Å². The SMILES string of the molecule is CC(C)NC1c2cccc(F)c2SC(C)C1C. The summed E-state index contributed by atoms with van der Waals surface area (Å²) in [5, 5.41) is 4.01. The zero-order valence-electron chi connectivity index (χ0n) is 10.8. The van der Waals surface area contributed by atoms with Crippen molar-refractivity contribution < 1.29 is 4.39 Å². The second kappa shape index (κ2) is 4.99. The number of hydrogen-bond acceptors (Lipinski definition) is 2. The number of halogens is 1. The number of benzene rings is 1. The summed E-state index contributed by atoms with van der Waals surface area (Å²) in [6.07, 6.45) is 0. The third-order valence-corrected chi connectivity index (χ3v) is 4.88. The maximum absolute atomic E-state index is 13.8. The third kappa shape index (κ3) is 2.50. The Labute approximate surface area is 107 Å². The van der Waals surface area contributed by atoms with Gasteiger partial charge in [0, 0.05) is 22.2 Å². The van der Waals surface area contributed by atoms with Gasteiger partial charge in [0.05, 0.1) is 0 Å². The monoisotopic (exact) mass is 253 g/mol. The van der Waals surface area contributed by atoms with Crippen molar-refractivity contribution in [3.05, 3.63) is 29.6 Å². The average Bonchev–Trinajstić information content (AvgIpc) is 2.26. The summed E-state index contributed by atoms with van der Waals surface area (Å²) in [7, 11) is 0. The maximum Gasteiger partial charge on any atom is 0.137 e. The molecule has 0 aliphatic carbocycles. The molecule has 1 aliphatic heterocycles. The van der Waals surface area contributed by atoms with E-state index in [9.17, 15) is 4.39 Å². The van der Waals surface area contributed by atoms with Gasteiger partial charge in [-0.05, 0) is 17.5 Å². The summed E-state index contributed by atoms with van der Waals surface area (Å²) >= 11 is 1.66. The van der Waals surface area contributed by atoms with Gasteiger partial charge in [-0.15, -0.1) is 11.8 Å². The lowest BCUT2D eigenvalue weighted by molar-refractivity contribution is 0.344. The van der Waals surface area contributed by atoms with Gasteiger partial charge in [0.25, 0.3) is 0 Å². The number of rotatable bonds is 2. The van der Waals surface area contributed by atoms with Crippen molar-refractivity contribution in [1.82, 2.24) is 5.32 Å². The average molecular weight is 253 g/mol. The fraction of sp³-hybridized carbons (Fsp3) is 0.571. The van der Waals surface area contributed by atoms with E-state index in [4.69, 9.17) is 0 Å². The number of nitrogens with one attached hydrogen (secondary N) is 1. The van der Waals surface area contributed by atoms with Crippen molar-refractivity contribution in [3.8, 4) is 0 Å². The van der Waals surface area contributed by atoms with Crippen LogP contribution in [0.3, 0.4) is 0 Å². The van der Waals surface area contributed by atoms with Gasteiger partial charge in [0.2, 0.25) is 0 Å². The van der Waals surface area contributed by atoms with Crippen LogP contribution < -0.4 is 5.32 Å². The fourth-order valence-electron chi connectivity index (χ4n) is 2.34. The molecule has 3 heteroatoms. The summed E-state index contributed by atoms with van der Waals surface area (Å²) in [5.74, 6) is 0.429. The maximum atomic E-state index is 13.8. The first-order chi connectivity index (χ1) is 8.00. The highest BCUT2D eigenvalue weighted by Crippen LogP contribution is 2.45. The second-order valence-corrected chi connectivity index (χ2v) is 6.53. The van der Waals surface area contributed by atoms with Crippen molar-refractivity contribution in [3.63, 3.8) is 0 Å². The Morgan fingerprint density at radius 2 is 2.00 bits per heavy atom. The van der Waals surface area contributed by atoms with E-state index in [2.05, 4.69) is 33.0 Å². The van der Waals surface area contributed by atoms with Gasteiger partial charge in [-0.25, -0.2) is 4.39 Å². The van der Waals surface area contributed by atoms with Crippen LogP contribution in [-0.4, -0.2) is 11.3 Å². The molecule has 0 saturated heterocycles. The minimum atomic E-state index is -0.0817. The van der Waals surface area contributed by atoms with Gasteiger partial charge in [-0.2, -0.15) is 0 Å². The Kier molecular flexibility index (Phi) is 3.79. The molecule has 0 amide bonds. The molecule has 94 valence electrons. The smallest absolute Gasteiger partial charge is 0.137 e. The Hall–Kier alpha value is -0.540. The first-order valence-corrected chi connectivity index (χ1v) is 7.09. The standard InChI is InChI=1S/C14H20FNS/c1-8(2)16-13-9(3)10(4)17-14-11(13)6-5-7-12(14)15/h5-10,13,16H,1-4H3. The molecule has 2 rings (SSSR count). The Balaban J connectivity index is 2.41. The van der Waals surface area contributed by atoms with Crippen LogP contribution in [0.4, 0.5) is 4.39 Å². The Bertz CT molecular complexity index is 405. The first-order valence-electron chi connectivity index (χ1n) is 6.21. The lowest BCUT2D eigenvalue weighted by Gasteiger charge is -2.37. The zero-order valence-corrected chi connectivity index (χ0v) is 11.6. The minimum absolute atomic E-state index is 0.0817. The van der Waals surface area contributed by atoms with Crippen molar-refractivity contribution >= 4 is 11.8 Å². The van der Waals surface area contributed by atoms with E-state index in [0.29, 0.717) is 17.2 Å². The van der Waals surface area contributed by atoms with Crippen LogP contribution in [0.2, 0.25) is 0 Å². The summed E-state index contributed by atoms with van der Waals surface area (Å²) in [4.78, 5) is 0.830. The van der Waals surface area contributed by atoms with Gasteiger partial charge in [0.1, 0.15) is 5.82 Å². The van der Waals surface area contributed by atoms with Crippen molar-refractivity contribution in [2.24, 2.45) is 5.92 Å². The molecular formula is C14H20FNS. The van der Waals surface area contributed by atoms with Crippen LogP contribution in [0.1, 0.15) is 39.3 Å². The van der Waals surface area contributed by atoms with Crippen LogP contribution in [0.15, 0.2) is 23.1 Å². The molecule has 1 aliphatic rings. The van der Waals surface area contributed by atoms with Crippen LogP contribution in [0.25, 0.3) is 0 Å². The van der Waals surface area contributed by atoms with Crippen molar-refractivity contribution in [1.29, 1.82) is 0 Å². The highest BCUT2D eigenvalue weighted by atomic mass is 32.2. The Morgan fingerprint density at radius 3 is 2.65 bits per heavy atom. The fourth-order valence-corrected chi connectivity index (χ4v) is 3.60. The molecule has 0 radical (unpaired) electrons. The molecule has 0 spiro atoms. The normalized spacial score (nSPS) is 28.2. The Morgan fingerprint density at radius 1 is 1.29 bits per heavy atom. The van der Waals surface area contributed by atoms with Crippen LogP contribution in [0, 0.1) is 11.7 Å². The van der Waals surface area contributed by atoms with Gasteiger partial charge >= 0.3 is 0 Å². The molecule has 3 unspecified atom stereocenters. The lowest BCUT2D eigenvalue weighted by Crippen LogP contribution is -2.38. The molecule has 3 atom stereocenters. The van der Waals surface area contributed by atoms with E-state index in [-0.39, 0.29) is 11.9 Å². The topological polar surface area (TPSA) is 12.0 Å². The van der Waals surface area contributed by atoms with Gasteiger partial charge in [-0.3, -0.25) is 0 Å². The molecule has 0 fully saturated rings. The predicted molar refractivity (Wildman–Crippen MR) is 71.9 cm³/mol. The van der Waals surface area contributed by atoms with E-state index in [1.54, 1.807) is 17.8 Å².